The Bertz CT molecular complexity index is 1290. The molecule has 1 aliphatic rings. The number of nitrogens with one attached hydrogen (secondary N) is 1. The summed E-state index contributed by atoms with van der Waals surface area (Å²) in [7, 11) is -0.855. The monoisotopic (exact) mass is 556 g/mol. The molecule has 2 aromatic rings. The van der Waals surface area contributed by atoms with Gasteiger partial charge in [0.25, 0.3) is 0 Å². The molecule has 1 N–H and O–H groups in total. The van der Waals surface area contributed by atoms with E-state index in [0.717, 1.165) is 17.4 Å². The summed E-state index contributed by atoms with van der Waals surface area (Å²) < 4.78 is 37.1. The number of carbonyl (C=O) groups excluding carboxylic acids is 2. The molecule has 1 amide bonds. The number of benzene rings is 2. The van der Waals surface area contributed by atoms with Crippen molar-refractivity contribution in [2.75, 3.05) is 25.1 Å². The Labute approximate surface area is 221 Å². The summed E-state index contributed by atoms with van der Waals surface area (Å²) in [5.41, 5.74) is 1.75. The zero-order chi connectivity index (χ0) is 27.0. The molecule has 36 heavy (non-hydrogen) atoms. The molecule has 1 unspecified atom stereocenters. The fourth-order valence-corrected chi connectivity index (χ4v) is 5.24. The standard InChI is InChI=1S/C25H30Cl2N2O6S/c1-25(2,3)35-24(31)29(4)22-10-8-15(14-7-9-19(26)20(27)11-14)16-12-18(23(30)34-5)21(13-17(16)22)28-36(6,32)33/h7,9,11-13,15,22,28H,8,10H2,1-6H3/t15?,22-/m0/s1. The van der Waals surface area contributed by atoms with Crippen LogP contribution in [0.15, 0.2) is 30.3 Å². The predicted molar refractivity (Wildman–Crippen MR) is 141 cm³/mol. The number of ether oxygens (including phenoxy) is 2. The first-order valence-electron chi connectivity index (χ1n) is 11.3. The van der Waals surface area contributed by atoms with E-state index in [4.69, 9.17) is 32.7 Å². The second kappa shape index (κ2) is 10.5. The van der Waals surface area contributed by atoms with Gasteiger partial charge in [-0.15, -0.1) is 0 Å². The summed E-state index contributed by atoms with van der Waals surface area (Å²) in [4.78, 5) is 27.1. The zero-order valence-corrected chi connectivity index (χ0v) is 23.3. The maximum Gasteiger partial charge on any atom is 0.410 e. The molecule has 0 fully saturated rings. The quantitative estimate of drug-likeness (QED) is 0.454. The summed E-state index contributed by atoms with van der Waals surface area (Å²) in [5, 5.41) is 0.814. The van der Waals surface area contributed by atoms with Crippen LogP contribution in [0.2, 0.25) is 10.0 Å². The highest BCUT2D eigenvalue weighted by atomic mass is 35.5. The lowest BCUT2D eigenvalue weighted by molar-refractivity contribution is 0.0202. The van der Waals surface area contributed by atoms with E-state index in [-0.39, 0.29) is 17.2 Å². The van der Waals surface area contributed by atoms with Crippen LogP contribution in [0.5, 0.6) is 0 Å². The summed E-state index contributed by atoms with van der Waals surface area (Å²) in [6.45, 7) is 5.35. The summed E-state index contributed by atoms with van der Waals surface area (Å²) in [6.07, 6.45) is 1.67. The van der Waals surface area contributed by atoms with Crippen molar-refractivity contribution in [2.45, 2.75) is 51.2 Å². The number of fused-ring (bicyclic) bond motifs is 1. The average molecular weight is 557 g/mol. The molecule has 2 aromatic carbocycles. The van der Waals surface area contributed by atoms with Crippen molar-refractivity contribution in [2.24, 2.45) is 0 Å². The third-order valence-electron chi connectivity index (χ3n) is 5.88. The van der Waals surface area contributed by atoms with Gasteiger partial charge in [0.2, 0.25) is 10.0 Å². The maximum atomic E-state index is 12.9. The molecular formula is C25H30Cl2N2O6S. The van der Waals surface area contributed by atoms with E-state index in [1.54, 1.807) is 52.1 Å². The molecule has 1 aliphatic carbocycles. The van der Waals surface area contributed by atoms with Gasteiger partial charge in [0.15, 0.2) is 0 Å². The van der Waals surface area contributed by atoms with Gasteiger partial charge >= 0.3 is 12.1 Å². The number of methoxy groups -OCH3 is 1. The highest BCUT2D eigenvalue weighted by Crippen LogP contribution is 2.46. The summed E-state index contributed by atoms with van der Waals surface area (Å²) in [5.74, 6) is -0.881. The fraction of sp³-hybridized carbons (Fsp3) is 0.440. The van der Waals surface area contributed by atoms with Crippen LogP contribution < -0.4 is 4.72 Å². The molecule has 0 saturated heterocycles. The minimum Gasteiger partial charge on any atom is -0.465 e. The fourth-order valence-electron chi connectivity index (χ4n) is 4.36. The third kappa shape index (κ3) is 6.44. The first-order valence-corrected chi connectivity index (χ1v) is 13.9. The van der Waals surface area contributed by atoms with E-state index < -0.39 is 33.7 Å². The average Bonchev–Trinajstić information content (AvgIpc) is 2.76. The van der Waals surface area contributed by atoms with Crippen LogP contribution in [-0.2, 0) is 19.5 Å². The lowest BCUT2D eigenvalue weighted by Gasteiger charge is -2.38. The van der Waals surface area contributed by atoms with Gasteiger partial charge in [0.1, 0.15) is 5.60 Å². The van der Waals surface area contributed by atoms with E-state index in [1.165, 1.54) is 12.0 Å². The van der Waals surface area contributed by atoms with Gasteiger partial charge in [-0.2, -0.15) is 0 Å². The van der Waals surface area contributed by atoms with E-state index >= 15 is 0 Å². The van der Waals surface area contributed by atoms with E-state index in [1.807, 2.05) is 6.07 Å². The van der Waals surface area contributed by atoms with Crippen LogP contribution in [0.1, 0.15) is 72.6 Å². The van der Waals surface area contributed by atoms with Crippen LogP contribution in [0, 0.1) is 0 Å². The van der Waals surface area contributed by atoms with Gasteiger partial charge in [0.05, 0.1) is 40.7 Å². The smallest absolute Gasteiger partial charge is 0.410 e. The molecule has 0 aliphatic heterocycles. The molecule has 3 rings (SSSR count). The van der Waals surface area contributed by atoms with Gasteiger partial charge in [-0.1, -0.05) is 29.3 Å². The molecule has 0 saturated carbocycles. The van der Waals surface area contributed by atoms with E-state index in [9.17, 15) is 18.0 Å². The Balaban J connectivity index is 2.22. The second-order valence-electron chi connectivity index (χ2n) is 9.80. The Morgan fingerprint density at radius 3 is 2.28 bits per heavy atom. The Morgan fingerprint density at radius 2 is 1.72 bits per heavy atom. The number of hydrogen-bond acceptors (Lipinski definition) is 6. The van der Waals surface area contributed by atoms with Crippen molar-refractivity contribution in [3.8, 4) is 0 Å². The van der Waals surface area contributed by atoms with Crippen LogP contribution in [0.4, 0.5) is 10.5 Å². The number of nitrogens with zero attached hydrogens (tertiary/aromatic N) is 1. The van der Waals surface area contributed by atoms with Crippen molar-refractivity contribution in [3.05, 3.63) is 62.6 Å². The Kier molecular flexibility index (Phi) is 8.17. The number of carbonyl (C=O) groups is 2. The van der Waals surface area contributed by atoms with E-state index in [0.29, 0.717) is 28.5 Å². The number of sulfonamides is 1. The minimum absolute atomic E-state index is 0.0623. The first kappa shape index (κ1) is 28.1. The van der Waals surface area contributed by atoms with Crippen molar-refractivity contribution >= 4 is 51.0 Å². The number of amides is 1. The molecule has 0 aromatic heterocycles. The molecule has 0 bridgehead atoms. The van der Waals surface area contributed by atoms with Gasteiger partial charge in [-0.25, -0.2) is 18.0 Å². The predicted octanol–water partition coefficient (Wildman–Crippen LogP) is 5.99. The molecule has 0 spiro atoms. The molecule has 0 heterocycles. The second-order valence-corrected chi connectivity index (χ2v) is 12.4. The van der Waals surface area contributed by atoms with Crippen molar-refractivity contribution in [1.82, 2.24) is 4.90 Å². The molecular weight excluding hydrogens is 527 g/mol. The van der Waals surface area contributed by atoms with Crippen molar-refractivity contribution in [3.63, 3.8) is 0 Å². The van der Waals surface area contributed by atoms with Gasteiger partial charge < -0.3 is 14.4 Å². The van der Waals surface area contributed by atoms with Gasteiger partial charge in [-0.05, 0) is 74.6 Å². The number of rotatable bonds is 5. The van der Waals surface area contributed by atoms with Crippen LogP contribution in [-0.4, -0.2) is 51.4 Å². The number of hydrogen-bond donors (Lipinski definition) is 1. The highest BCUT2D eigenvalue weighted by Gasteiger charge is 2.36. The molecule has 2 atom stereocenters. The lowest BCUT2D eigenvalue weighted by atomic mass is 9.75. The largest absolute Gasteiger partial charge is 0.465 e. The minimum atomic E-state index is -3.72. The van der Waals surface area contributed by atoms with Crippen LogP contribution in [0.25, 0.3) is 0 Å². The lowest BCUT2D eigenvalue weighted by Crippen LogP contribution is -2.38. The van der Waals surface area contributed by atoms with Crippen LogP contribution >= 0.6 is 23.2 Å². The summed E-state index contributed by atoms with van der Waals surface area (Å²) >= 11 is 12.4. The van der Waals surface area contributed by atoms with Crippen molar-refractivity contribution < 1.29 is 27.5 Å². The van der Waals surface area contributed by atoms with Crippen molar-refractivity contribution in [1.29, 1.82) is 0 Å². The first-order chi connectivity index (χ1) is 16.6. The van der Waals surface area contributed by atoms with Crippen LogP contribution in [0.3, 0.4) is 0 Å². The highest BCUT2D eigenvalue weighted by molar-refractivity contribution is 7.92. The normalized spacial score (nSPS) is 17.7. The van der Waals surface area contributed by atoms with Gasteiger partial charge in [0, 0.05) is 13.0 Å². The maximum absolute atomic E-state index is 12.9. The number of esters is 1. The zero-order valence-electron chi connectivity index (χ0n) is 21.0. The molecule has 11 heteroatoms. The SMILES string of the molecule is COC(=O)c1cc2c(cc1NS(C)(=O)=O)[C@@H](N(C)C(=O)OC(C)(C)C)CCC2c1ccc(Cl)c(Cl)c1. The third-order valence-corrected chi connectivity index (χ3v) is 7.21. The number of anilines is 1. The van der Waals surface area contributed by atoms with E-state index in [2.05, 4.69) is 4.72 Å². The number of halogens is 2. The molecule has 0 radical (unpaired) electrons. The molecule has 196 valence electrons. The summed E-state index contributed by atoms with van der Waals surface area (Å²) in [6, 6.07) is 8.13. The topological polar surface area (TPSA) is 102 Å². The molecule has 8 nitrogen and oxygen atoms in total. The Morgan fingerprint density at radius 1 is 1.06 bits per heavy atom. The van der Waals surface area contributed by atoms with Gasteiger partial charge in [-0.3, -0.25) is 4.72 Å². The Hall–Kier alpha value is -2.49.